The molecule has 2 aromatic rings. The van der Waals surface area contributed by atoms with Gasteiger partial charge in [-0.25, -0.2) is 0 Å². The minimum atomic E-state index is -0.722. The minimum absolute atomic E-state index is 0.180. The number of rotatable bonds is 2. The van der Waals surface area contributed by atoms with Crippen molar-refractivity contribution in [1.29, 1.82) is 0 Å². The molecule has 3 heteroatoms. The summed E-state index contributed by atoms with van der Waals surface area (Å²) in [5.74, 6) is -0.541. The van der Waals surface area contributed by atoms with Crippen LogP contribution in [0, 0.1) is 0 Å². The van der Waals surface area contributed by atoms with E-state index in [0.717, 1.165) is 4.90 Å². The fraction of sp³-hybridized carbons (Fsp3) is 0.188. The summed E-state index contributed by atoms with van der Waals surface area (Å²) in [5, 5.41) is 8.95. The van der Waals surface area contributed by atoms with Crippen molar-refractivity contribution in [3.05, 3.63) is 65.7 Å². The zero-order valence-corrected chi connectivity index (χ0v) is 11.1. The summed E-state index contributed by atoms with van der Waals surface area (Å²) >= 11 is 1.46. The van der Waals surface area contributed by atoms with Gasteiger partial charge >= 0.3 is 5.97 Å². The maximum absolute atomic E-state index is 11.3. The van der Waals surface area contributed by atoms with Crippen LogP contribution < -0.4 is 0 Å². The van der Waals surface area contributed by atoms with E-state index in [0.29, 0.717) is 6.42 Å². The molecule has 1 heterocycles. The minimum Gasteiger partial charge on any atom is -0.480 e. The van der Waals surface area contributed by atoms with Gasteiger partial charge in [-0.15, -0.1) is 11.8 Å². The van der Waals surface area contributed by atoms with Crippen molar-refractivity contribution >= 4 is 17.7 Å². The van der Waals surface area contributed by atoms with Crippen LogP contribution in [-0.2, 0) is 4.79 Å². The Morgan fingerprint density at radius 2 is 1.74 bits per heavy atom. The van der Waals surface area contributed by atoms with E-state index in [1.807, 2.05) is 36.4 Å². The second-order valence-electron chi connectivity index (χ2n) is 4.68. The monoisotopic (exact) mass is 270 g/mol. The summed E-state index contributed by atoms with van der Waals surface area (Å²) < 4.78 is 0. The first-order valence-corrected chi connectivity index (χ1v) is 7.17. The average molecular weight is 270 g/mol. The lowest BCUT2D eigenvalue weighted by atomic mass is 9.87. The number of carboxylic acids is 1. The zero-order chi connectivity index (χ0) is 13.2. The molecule has 1 aliphatic heterocycles. The topological polar surface area (TPSA) is 37.3 Å². The SMILES string of the molecule is O=C(O)[C@@H]1C[C@@H](c2ccccc2)c2ccccc2S1. The first kappa shape index (κ1) is 12.3. The van der Waals surface area contributed by atoms with E-state index < -0.39 is 5.97 Å². The third-order valence-electron chi connectivity index (χ3n) is 3.49. The van der Waals surface area contributed by atoms with Crippen molar-refractivity contribution in [3.63, 3.8) is 0 Å². The third kappa shape index (κ3) is 2.38. The smallest absolute Gasteiger partial charge is 0.317 e. The number of carboxylic acid groups (broad SMARTS) is 1. The molecule has 0 radical (unpaired) electrons. The quantitative estimate of drug-likeness (QED) is 0.902. The predicted octanol–water partition coefficient (Wildman–Crippen LogP) is 3.77. The molecule has 0 fully saturated rings. The van der Waals surface area contributed by atoms with Crippen molar-refractivity contribution in [2.45, 2.75) is 22.5 Å². The molecular formula is C16H14O2S. The Bertz CT molecular complexity index is 595. The van der Waals surface area contributed by atoms with E-state index >= 15 is 0 Å². The Kier molecular flexibility index (Phi) is 3.30. The highest BCUT2D eigenvalue weighted by Crippen LogP contribution is 2.44. The van der Waals surface area contributed by atoms with E-state index in [9.17, 15) is 9.90 Å². The molecule has 0 aromatic heterocycles. The van der Waals surface area contributed by atoms with Crippen LogP contribution in [0.5, 0.6) is 0 Å². The molecule has 19 heavy (non-hydrogen) atoms. The first-order valence-electron chi connectivity index (χ1n) is 6.29. The third-order valence-corrected chi connectivity index (χ3v) is 4.80. The van der Waals surface area contributed by atoms with Gasteiger partial charge in [-0.05, 0) is 23.6 Å². The van der Waals surface area contributed by atoms with Crippen molar-refractivity contribution < 1.29 is 9.90 Å². The molecule has 2 atom stereocenters. The summed E-state index contributed by atoms with van der Waals surface area (Å²) in [7, 11) is 0. The Labute approximate surface area is 116 Å². The lowest BCUT2D eigenvalue weighted by Gasteiger charge is -2.29. The highest BCUT2D eigenvalue weighted by molar-refractivity contribution is 8.00. The molecule has 1 N–H and O–H groups in total. The lowest BCUT2D eigenvalue weighted by molar-refractivity contribution is -0.136. The van der Waals surface area contributed by atoms with Crippen LogP contribution in [0.1, 0.15) is 23.5 Å². The summed E-state index contributed by atoms with van der Waals surface area (Å²) in [6, 6.07) is 18.3. The van der Waals surface area contributed by atoms with Gasteiger partial charge < -0.3 is 5.11 Å². The molecule has 96 valence electrons. The van der Waals surface area contributed by atoms with E-state index in [4.69, 9.17) is 0 Å². The molecule has 0 saturated heterocycles. The molecule has 0 spiro atoms. The highest BCUT2D eigenvalue weighted by Gasteiger charge is 2.32. The van der Waals surface area contributed by atoms with Crippen LogP contribution >= 0.6 is 11.8 Å². The Morgan fingerprint density at radius 1 is 1.05 bits per heavy atom. The number of benzene rings is 2. The Balaban J connectivity index is 2.06. The maximum atomic E-state index is 11.3. The lowest BCUT2D eigenvalue weighted by Crippen LogP contribution is -2.24. The van der Waals surface area contributed by atoms with Gasteiger partial charge in [0.25, 0.3) is 0 Å². The van der Waals surface area contributed by atoms with Gasteiger partial charge in [0.05, 0.1) is 0 Å². The van der Waals surface area contributed by atoms with E-state index in [-0.39, 0.29) is 11.2 Å². The first-order chi connectivity index (χ1) is 9.25. The van der Waals surface area contributed by atoms with Gasteiger partial charge in [-0.1, -0.05) is 48.5 Å². The van der Waals surface area contributed by atoms with Crippen molar-refractivity contribution in [3.8, 4) is 0 Å². The second kappa shape index (κ2) is 5.10. The molecule has 1 aliphatic rings. The average Bonchev–Trinajstić information content (AvgIpc) is 2.47. The molecule has 2 nitrogen and oxygen atoms in total. The molecule has 0 aliphatic carbocycles. The van der Waals surface area contributed by atoms with Crippen molar-refractivity contribution in [1.82, 2.24) is 0 Å². The maximum Gasteiger partial charge on any atom is 0.317 e. The molecule has 3 rings (SSSR count). The standard InChI is InChI=1S/C16H14O2S/c17-16(18)15-10-13(11-6-2-1-3-7-11)12-8-4-5-9-14(12)19-15/h1-9,13,15H,10H2,(H,17,18)/t13-,15-/m0/s1. The number of fused-ring (bicyclic) bond motifs is 1. The Morgan fingerprint density at radius 3 is 2.47 bits per heavy atom. The highest BCUT2D eigenvalue weighted by atomic mass is 32.2. The zero-order valence-electron chi connectivity index (χ0n) is 10.3. The van der Waals surface area contributed by atoms with Crippen LogP contribution in [0.2, 0.25) is 0 Å². The van der Waals surface area contributed by atoms with Gasteiger partial charge in [0.15, 0.2) is 0 Å². The summed E-state index contributed by atoms with van der Waals surface area (Å²) in [6.45, 7) is 0. The summed E-state index contributed by atoms with van der Waals surface area (Å²) in [6.07, 6.45) is 0.654. The largest absolute Gasteiger partial charge is 0.480 e. The number of aliphatic carboxylic acids is 1. The number of carbonyl (C=O) groups is 1. The van der Waals surface area contributed by atoms with Gasteiger partial charge in [0, 0.05) is 10.8 Å². The van der Waals surface area contributed by atoms with Gasteiger partial charge in [0.1, 0.15) is 5.25 Å². The summed E-state index contributed by atoms with van der Waals surface area (Å²) in [5.41, 5.74) is 2.44. The number of hydrogen-bond donors (Lipinski definition) is 1. The van der Waals surface area contributed by atoms with Gasteiger partial charge in [0.2, 0.25) is 0 Å². The van der Waals surface area contributed by atoms with E-state index in [1.54, 1.807) is 0 Å². The predicted molar refractivity (Wildman–Crippen MR) is 76.6 cm³/mol. The van der Waals surface area contributed by atoms with Crippen LogP contribution in [0.4, 0.5) is 0 Å². The number of thioether (sulfide) groups is 1. The van der Waals surface area contributed by atoms with Crippen molar-refractivity contribution in [2.75, 3.05) is 0 Å². The van der Waals surface area contributed by atoms with Gasteiger partial charge in [-0.2, -0.15) is 0 Å². The van der Waals surface area contributed by atoms with Crippen LogP contribution in [-0.4, -0.2) is 16.3 Å². The van der Waals surface area contributed by atoms with Crippen LogP contribution in [0.15, 0.2) is 59.5 Å². The summed E-state index contributed by atoms with van der Waals surface area (Å²) in [4.78, 5) is 12.4. The molecular weight excluding hydrogens is 256 g/mol. The Hall–Kier alpha value is -1.74. The molecule has 0 saturated carbocycles. The van der Waals surface area contributed by atoms with E-state index in [1.165, 1.54) is 22.9 Å². The van der Waals surface area contributed by atoms with Crippen LogP contribution in [0.25, 0.3) is 0 Å². The normalized spacial score (nSPS) is 21.7. The number of hydrogen-bond acceptors (Lipinski definition) is 2. The van der Waals surface area contributed by atoms with Crippen LogP contribution in [0.3, 0.4) is 0 Å². The van der Waals surface area contributed by atoms with Crippen molar-refractivity contribution in [2.24, 2.45) is 0 Å². The molecule has 0 unspecified atom stereocenters. The second-order valence-corrected chi connectivity index (χ2v) is 5.93. The van der Waals surface area contributed by atoms with Gasteiger partial charge in [-0.3, -0.25) is 4.79 Å². The molecule has 0 bridgehead atoms. The van der Waals surface area contributed by atoms with E-state index in [2.05, 4.69) is 18.2 Å². The molecule has 2 aromatic carbocycles. The fourth-order valence-corrected chi connectivity index (χ4v) is 3.77. The fourth-order valence-electron chi connectivity index (χ4n) is 2.57. The molecule has 0 amide bonds.